The number of carboxylic acids is 1. The van der Waals surface area contributed by atoms with Crippen LogP contribution in [0.5, 0.6) is 0 Å². The minimum Gasteiger partial charge on any atom is -0.475 e. The number of carbonyl (C=O) groups excluding carboxylic acids is 1. The molecule has 0 spiro atoms. The van der Waals surface area contributed by atoms with E-state index in [9.17, 15) is 18.0 Å². The fraction of sp³-hybridized carbons (Fsp3) is 0.273. The summed E-state index contributed by atoms with van der Waals surface area (Å²) in [5, 5.41) is 12.9. The van der Waals surface area contributed by atoms with E-state index in [0.29, 0.717) is 40.9 Å². The lowest BCUT2D eigenvalue weighted by molar-refractivity contribution is -0.124. The van der Waals surface area contributed by atoms with Gasteiger partial charge in [0, 0.05) is 23.5 Å². The van der Waals surface area contributed by atoms with Crippen molar-refractivity contribution in [1.29, 1.82) is 0 Å². The average Bonchev–Trinajstić information content (AvgIpc) is 3.08. The Balaban J connectivity index is 1.75. The number of hydrogen-bond acceptors (Lipinski definition) is 5. The second-order valence-corrected chi connectivity index (χ2v) is 9.92. The van der Waals surface area contributed by atoms with E-state index in [2.05, 4.69) is 5.32 Å². The normalized spacial score (nSPS) is 17.3. The summed E-state index contributed by atoms with van der Waals surface area (Å²) < 4.78 is 33.6. The molecule has 1 saturated heterocycles. The first-order chi connectivity index (χ1) is 15.3. The standard InChI is InChI=1S/C22H21ClN2O6S/c23-16-5-7-17(8-6-16)32(29,30)25(18-3-1-2-10-24-21(18)26)13-14-4-9-19-15(11-14)12-20(31-19)22(27)28/h4-9,11-12,18H,1-3,10,13H2,(H,24,26)(H,27,28)/t18-/m1/s1. The van der Waals surface area contributed by atoms with Crippen LogP contribution in [0.1, 0.15) is 35.4 Å². The van der Waals surface area contributed by atoms with Crippen molar-refractivity contribution in [3.05, 3.63) is 64.9 Å². The topological polar surface area (TPSA) is 117 Å². The Morgan fingerprint density at radius 1 is 1.16 bits per heavy atom. The number of fused-ring (bicyclic) bond motifs is 1. The number of carboxylic acid groups (broad SMARTS) is 1. The zero-order valence-corrected chi connectivity index (χ0v) is 18.5. The predicted molar refractivity (Wildman–Crippen MR) is 118 cm³/mol. The molecule has 2 heterocycles. The quantitative estimate of drug-likeness (QED) is 0.561. The average molecular weight is 477 g/mol. The van der Waals surface area contributed by atoms with Crippen molar-refractivity contribution in [2.45, 2.75) is 36.7 Å². The summed E-state index contributed by atoms with van der Waals surface area (Å²) in [5.74, 6) is -1.73. The van der Waals surface area contributed by atoms with E-state index in [1.165, 1.54) is 34.6 Å². The Morgan fingerprint density at radius 2 is 1.91 bits per heavy atom. The van der Waals surface area contributed by atoms with Gasteiger partial charge in [-0.1, -0.05) is 17.7 Å². The Morgan fingerprint density at radius 3 is 2.62 bits per heavy atom. The van der Waals surface area contributed by atoms with Crippen LogP contribution in [0.3, 0.4) is 0 Å². The maximum atomic E-state index is 13.6. The number of hydrogen-bond donors (Lipinski definition) is 2. The fourth-order valence-electron chi connectivity index (χ4n) is 3.78. The number of amides is 1. The van der Waals surface area contributed by atoms with Crippen molar-refractivity contribution in [3.8, 4) is 0 Å². The summed E-state index contributed by atoms with van der Waals surface area (Å²) >= 11 is 5.92. The van der Waals surface area contributed by atoms with Gasteiger partial charge >= 0.3 is 5.97 Å². The lowest BCUT2D eigenvalue weighted by atomic mass is 10.1. The van der Waals surface area contributed by atoms with Crippen LogP contribution in [0, 0.1) is 0 Å². The highest BCUT2D eigenvalue weighted by molar-refractivity contribution is 7.89. The van der Waals surface area contributed by atoms with Gasteiger partial charge in [0.2, 0.25) is 21.7 Å². The number of carbonyl (C=O) groups is 2. The van der Waals surface area contributed by atoms with Gasteiger partial charge in [0.25, 0.3) is 0 Å². The van der Waals surface area contributed by atoms with Gasteiger partial charge in [0.1, 0.15) is 11.6 Å². The minimum absolute atomic E-state index is 0.0384. The summed E-state index contributed by atoms with van der Waals surface area (Å²) in [6, 6.07) is 11.3. The molecule has 0 unspecified atom stereocenters. The van der Waals surface area contributed by atoms with Crippen molar-refractivity contribution in [2.75, 3.05) is 6.54 Å². The highest BCUT2D eigenvalue weighted by Gasteiger charge is 2.36. The molecule has 0 bridgehead atoms. The van der Waals surface area contributed by atoms with Crippen LogP contribution in [0.4, 0.5) is 0 Å². The molecule has 1 fully saturated rings. The molecule has 1 aromatic heterocycles. The third-order valence-electron chi connectivity index (χ3n) is 5.40. The molecule has 8 nitrogen and oxygen atoms in total. The van der Waals surface area contributed by atoms with E-state index in [4.69, 9.17) is 21.1 Å². The number of nitrogens with zero attached hydrogens (tertiary/aromatic N) is 1. The molecule has 32 heavy (non-hydrogen) atoms. The van der Waals surface area contributed by atoms with E-state index in [0.717, 1.165) is 6.42 Å². The minimum atomic E-state index is -4.03. The fourth-order valence-corrected chi connectivity index (χ4v) is 5.51. The van der Waals surface area contributed by atoms with Gasteiger partial charge in [-0.25, -0.2) is 13.2 Å². The van der Waals surface area contributed by atoms with Crippen LogP contribution in [0.25, 0.3) is 11.0 Å². The van der Waals surface area contributed by atoms with Crippen molar-refractivity contribution in [2.24, 2.45) is 0 Å². The highest BCUT2D eigenvalue weighted by atomic mass is 35.5. The molecule has 1 atom stereocenters. The summed E-state index contributed by atoms with van der Waals surface area (Å²) in [6.07, 6.45) is 1.88. The molecule has 10 heteroatoms. The third kappa shape index (κ3) is 4.50. The molecule has 4 rings (SSSR count). The van der Waals surface area contributed by atoms with Crippen molar-refractivity contribution < 1.29 is 27.5 Å². The first-order valence-corrected chi connectivity index (χ1v) is 11.9. The van der Waals surface area contributed by atoms with Crippen molar-refractivity contribution in [3.63, 3.8) is 0 Å². The Labute approximate surface area is 189 Å². The van der Waals surface area contributed by atoms with Crippen LogP contribution >= 0.6 is 11.6 Å². The smallest absolute Gasteiger partial charge is 0.371 e. The number of nitrogens with one attached hydrogen (secondary N) is 1. The first-order valence-electron chi connectivity index (χ1n) is 10.1. The first kappa shape index (κ1) is 22.3. The lowest BCUT2D eigenvalue weighted by Gasteiger charge is -2.29. The van der Waals surface area contributed by atoms with Crippen molar-refractivity contribution >= 4 is 44.5 Å². The summed E-state index contributed by atoms with van der Waals surface area (Å²) in [7, 11) is -4.03. The van der Waals surface area contributed by atoms with E-state index in [1.54, 1.807) is 18.2 Å². The van der Waals surface area contributed by atoms with Crippen LogP contribution < -0.4 is 5.32 Å². The zero-order valence-electron chi connectivity index (χ0n) is 17.0. The SMILES string of the molecule is O=C(O)c1cc2cc(CN([C@@H]3CCCCNC3=O)S(=O)(=O)c3ccc(Cl)cc3)ccc2o1. The second-order valence-electron chi connectivity index (χ2n) is 7.59. The lowest BCUT2D eigenvalue weighted by Crippen LogP contribution is -2.48. The maximum absolute atomic E-state index is 13.6. The molecule has 0 saturated carbocycles. The number of sulfonamides is 1. The van der Waals surface area contributed by atoms with Crippen LogP contribution in [0.2, 0.25) is 5.02 Å². The van der Waals surface area contributed by atoms with Gasteiger partial charge in [-0.05, 0) is 67.3 Å². The maximum Gasteiger partial charge on any atom is 0.371 e. The Kier molecular flexibility index (Phi) is 6.23. The number of benzene rings is 2. The molecule has 0 aliphatic carbocycles. The van der Waals surface area contributed by atoms with E-state index in [1.807, 2.05) is 0 Å². The Hall–Kier alpha value is -2.88. The molecule has 2 N–H and O–H groups in total. The molecule has 1 amide bonds. The summed E-state index contributed by atoms with van der Waals surface area (Å²) in [6.45, 7) is 0.440. The molecule has 168 valence electrons. The van der Waals surface area contributed by atoms with E-state index >= 15 is 0 Å². The van der Waals surface area contributed by atoms with Gasteiger partial charge < -0.3 is 14.8 Å². The number of rotatable bonds is 6. The number of halogens is 1. The second kappa shape index (κ2) is 8.93. The van der Waals surface area contributed by atoms with Crippen LogP contribution in [0.15, 0.2) is 57.8 Å². The van der Waals surface area contributed by atoms with Crippen LogP contribution in [-0.2, 0) is 21.4 Å². The van der Waals surface area contributed by atoms with Gasteiger partial charge in [-0.3, -0.25) is 4.79 Å². The molecule has 0 radical (unpaired) electrons. The molecular formula is C22H21ClN2O6S. The predicted octanol–water partition coefficient (Wildman–Crippen LogP) is 3.64. The summed E-state index contributed by atoms with van der Waals surface area (Å²) in [4.78, 5) is 24.0. The van der Waals surface area contributed by atoms with E-state index < -0.39 is 22.0 Å². The van der Waals surface area contributed by atoms with Gasteiger partial charge in [0.15, 0.2) is 0 Å². The molecule has 1 aliphatic rings. The zero-order chi connectivity index (χ0) is 22.9. The third-order valence-corrected chi connectivity index (χ3v) is 7.52. The number of aromatic carboxylic acids is 1. The van der Waals surface area contributed by atoms with Gasteiger partial charge in [0.05, 0.1) is 4.90 Å². The molecule has 2 aromatic carbocycles. The Bertz CT molecular complexity index is 1270. The molecule has 3 aromatic rings. The van der Waals surface area contributed by atoms with Crippen LogP contribution in [-0.4, -0.2) is 42.3 Å². The van der Waals surface area contributed by atoms with E-state index in [-0.39, 0.29) is 23.1 Å². The van der Waals surface area contributed by atoms with Gasteiger partial charge in [-0.15, -0.1) is 0 Å². The number of furan rings is 1. The molecule has 1 aliphatic heterocycles. The molecular weight excluding hydrogens is 456 g/mol. The largest absolute Gasteiger partial charge is 0.475 e. The van der Waals surface area contributed by atoms with Crippen molar-refractivity contribution in [1.82, 2.24) is 9.62 Å². The van der Waals surface area contributed by atoms with Gasteiger partial charge in [-0.2, -0.15) is 4.31 Å². The highest BCUT2D eigenvalue weighted by Crippen LogP contribution is 2.28. The monoisotopic (exact) mass is 476 g/mol. The summed E-state index contributed by atoms with van der Waals surface area (Å²) in [5.41, 5.74) is 0.982.